The molecule has 0 aliphatic heterocycles. The van der Waals surface area contributed by atoms with Crippen molar-refractivity contribution in [3.05, 3.63) is 28.5 Å². The minimum Gasteiger partial charge on any atom is -0.464 e. The number of ether oxygens (including phenoxy) is 1. The molecule has 1 unspecified atom stereocenters. The zero-order valence-electron chi connectivity index (χ0n) is 7.61. The zero-order chi connectivity index (χ0) is 10.6. The number of carbonyl (C=O) groups excluding carboxylic acids is 1. The fourth-order valence-corrected chi connectivity index (χ4v) is 1.32. The topological polar surface area (TPSA) is 59.4 Å². The average molecular weight is 260 g/mol. The number of pyridine rings is 1. The number of rotatable bonds is 3. The molecule has 0 aliphatic rings. The molecule has 0 amide bonds. The van der Waals surface area contributed by atoms with Gasteiger partial charge in [0.15, 0.2) is 6.10 Å². The summed E-state index contributed by atoms with van der Waals surface area (Å²) < 4.78 is 5.37. The quantitative estimate of drug-likeness (QED) is 0.835. The predicted octanol–water partition coefficient (Wildman–Crippen LogP) is 1.44. The molecule has 1 aromatic heterocycles. The van der Waals surface area contributed by atoms with Crippen molar-refractivity contribution >= 4 is 21.9 Å². The molecule has 1 rings (SSSR count). The van der Waals surface area contributed by atoms with E-state index in [9.17, 15) is 9.90 Å². The van der Waals surface area contributed by atoms with Gasteiger partial charge in [-0.2, -0.15) is 0 Å². The highest BCUT2D eigenvalue weighted by molar-refractivity contribution is 9.10. The molecule has 0 radical (unpaired) electrons. The van der Waals surface area contributed by atoms with Crippen LogP contribution in [-0.4, -0.2) is 22.7 Å². The molecule has 0 saturated heterocycles. The number of aliphatic hydroxyl groups is 1. The van der Waals surface area contributed by atoms with E-state index in [1.807, 2.05) is 0 Å². The van der Waals surface area contributed by atoms with Gasteiger partial charge in [0.1, 0.15) is 0 Å². The lowest BCUT2D eigenvalue weighted by molar-refractivity contribution is -0.153. The molecule has 5 heteroatoms. The lowest BCUT2D eigenvalue weighted by Crippen LogP contribution is -2.15. The van der Waals surface area contributed by atoms with Gasteiger partial charge in [-0.3, -0.25) is 4.98 Å². The molecule has 0 aliphatic carbocycles. The first kappa shape index (κ1) is 11.1. The van der Waals surface area contributed by atoms with Crippen LogP contribution in [0.4, 0.5) is 0 Å². The first-order chi connectivity index (χ1) is 6.65. The first-order valence-corrected chi connectivity index (χ1v) is 4.89. The molecule has 0 spiro atoms. The smallest absolute Gasteiger partial charge is 0.339 e. The predicted molar refractivity (Wildman–Crippen MR) is 53.5 cm³/mol. The van der Waals surface area contributed by atoms with Crippen molar-refractivity contribution in [2.45, 2.75) is 13.0 Å². The second-order valence-corrected chi connectivity index (χ2v) is 3.51. The van der Waals surface area contributed by atoms with Gasteiger partial charge in [0.05, 0.1) is 6.61 Å². The summed E-state index contributed by atoms with van der Waals surface area (Å²) in [5, 5.41) is 9.51. The summed E-state index contributed by atoms with van der Waals surface area (Å²) >= 11 is 3.19. The lowest BCUT2D eigenvalue weighted by Gasteiger charge is -2.09. The van der Waals surface area contributed by atoms with Crippen LogP contribution < -0.4 is 0 Å². The molecular weight excluding hydrogens is 250 g/mol. The molecule has 0 aromatic carbocycles. The number of hydrogen-bond acceptors (Lipinski definition) is 4. The van der Waals surface area contributed by atoms with Gasteiger partial charge >= 0.3 is 5.97 Å². The van der Waals surface area contributed by atoms with Crippen molar-refractivity contribution < 1.29 is 14.6 Å². The maximum atomic E-state index is 11.1. The highest BCUT2D eigenvalue weighted by atomic mass is 79.9. The summed E-state index contributed by atoms with van der Waals surface area (Å²) in [5.74, 6) is -0.660. The van der Waals surface area contributed by atoms with E-state index in [2.05, 4.69) is 25.7 Å². The highest BCUT2D eigenvalue weighted by Gasteiger charge is 2.18. The molecule has 0 fully saturated rings. The van der Waals surface area contributed by atoms with Crippen molar-refractivity contribution in [2.75, 3.05) is 6.61 Å². The fraction of sp³-hybridized carbons (Fsp3) is 0.333. The zero-order valence-corrected chi connectivity index (χ0v) is 9.19. The monoisotopic (exact) mass is 259 g/mol. The number of carbonyl (C=O) groups is 1. The van der Waals surface area contributed by atoms with Gasteiger partial charge in [0.2, 0.25) is 0 Å². The standard InChI is InChI=1S/C9H10BrNO3/c1-2-14-9(13)8(12)6-3-7(10)5-11-4-6/h3-5,8,12H,2H2,1H3. The Bertz CT molecular complexity index is 330. The van der Waals surface area contributed by atoms with E-state index in [1.165, 1.54) is 6.20 Å². The minimum absolute atomic E-state index is 0.247. The van der Waals surface area contributed by atoms with E-state index in [-0.39, 0.29) is 6.61 Å². The summed E-state index contributed by atoms with van der Waals surface area (Å²) in [5.41, 5.74) is 0.415. The third-order valence-electron chi connectivity index (χ3n) is 1.55. The molecule has 14 heavy (non-hydrogen) atoms. The first-order valence-electron chi connectivity index (χ1n) is 4.10. The summed E-state index contributed by atoms with van der Waals surface area (Å²) in [4.78, 5) is 15.0. The normalized spacial score (nSPS) is 12.2. The van der Waals surface area contributed by atoms with Crippen molar-refractivity contribution in [2.24, 2.45) is 0 Å². The molecule has 0 saturated carbocycles. The number of esters is 1. The van der Waals surface area contributed by atoms with Gasteiger partial charge in [0, 0.05) is 22.4 Å². The van der Waals surface area contributed by atoms with Crippen molar-refractivity contribution in [1.29, 1.82) is 0 Å². The summed E-state index contributed by atoms with van der Waals surface area (Å²) in [6, 6.07) is 1.62. The maximum Gasteiger partial charge on any atom is 0.339 e. The van der Waals surface area contributed by atoms with Crippen molar-refractivity contribution in [1.82, 2.24) is 4.98 Å². The third kappa shape index (κ3) is 2.78. The van der Waals surface area contributed by atoms with E-state index in [4.69, 9.17) is 0 Å². The van der Waals surface area contributed by atoms with Crippen molar-refractivity contribution in [3.8, 4) is 0 Å². The van der Waals surface area contributed by atoms with E-state index in [0.717, 1.165) is 0 Å². The minimum atomic E-state index is -1.26. The van der Waals surface area contributed by atoms with Gasteiger partial charge in [-0.05, 0) is 28.9 Å². The largest absolute Gasteiger partial charge is 0.464 e. The van der Waals surface area contributed by atoms with Crippen LogP contribution in [-0.2, 0) is 9.53 Å². The second-order valence-electron chi connectivity index (χ2n) is 2.59. The Hall–Kier alpha value is -0.940. The van der Waals surface area contributed by atoms with E-state index in [0.29, 0.717) is 10.0 Å². The molecule has 1 N–H and O–H groups in total. The van der Waals surface area contributed by atoms with Crippen LogP contribution in [0.15, 0.2) is 22.9 Å². The molecular formula is C9H10BrNO3. The van der Waals surface area contributed by atoms with Crippen LogP contribution in [0.25, 0.3) is 0 Å². The Labute approximate surface area is 90.0 Å². The number of hydrogen-bond donors (Lipinski definition) is 1. The van der Waals surface area contributed by atoms with Crippen LogP contribution in [0.3, 0.4) is 0 Å². The van der Waals surface area contributed by atoms with Crippen LogP contribution in [0, 0.1) is 0 Å². The van der Waals surface area contributed by atoms with Gasteiger partial charge in [-0.1, -0.05) is 0 Å². The van der Waals surface area contributed by atoms with Crippen LogP contribution in [0.1, 0.15) is 18.6 Å². The second kappa shape index (κ2) is 5.07. The highest BCUT2D eigenvalue weighted by Crippen LogP contribution is 2.17. The molecule has 4 nitrogen and oxygen atoms in total. The molecule has 1 heterocycles. The summed E-state index contributed by atoms with van der Waals surface area (Å²) in [6.45, 7) is 1.93. The SMILES string of the molecule is CCOC(=O)C(O)c1cncc(Br)c1. The number of nitrogens with zero attached hydrogens (tertiary/aromatic N) is 1. The maximum absolute atomic E-state index is 11.1. The fourth-order valence-electron chi connectivity index (χ4n) is 0.935. The Kier molecular flexibility index (Phi) is 4.03. The van der Waals surface area contributed by atoms with Crippen LogP contribution in [0.2, 0.25) is 0 Å². The van der Waals surface area contributed by atoms with Crippen molar-refractivity contribution in [3.63, 3.8) is 0 Å². The number of aliphatic hydroxyl groups excluding tert-OH is 1. The molecule has 76 valence electrons. The molecule has 1 atom stereocenters. The van der Waals surface area contributed by atoms with Crippen LogP contribution in [0.5, 0.6) is 0 Å². The number of aromatic nitrogens is 1. The lowest BCUT2D eigenvalue weighted by atomic mass is 10.2. The van der Waals surface area contributed by atoms with E-state index >= 15 is 0 Å². The molecule has 1 aromatic rings. The Morgan fingerprint density at radius 3 is 3.00 bits per heavy atom. The Balaban J connectivity index is 2.78. The average Bonchev–Trinajstić information content (AvgIpc) is 2.17. The van der Waals surface area contributed by atoms with E-state index in [1.54, 1.807) is 19.2 Å². The number of halogens is 1. The Morgan fingerprint density at radius 1 is 1.71 bits per heavy atom. The van der Waals surface area contributed by atoms with Gasteiger partial charge < -0.3 is 9.84 Å². The Morgan fingerprint density at radius 2 is 2.43 bits per heavy atom. The van der Waals surface area contributed by atoms with Gasteiger partial charge in [0.25, 0.3) is 0 Å². The third-order valence-corrected chi connectivity index (χ3v) is 1.99. The van der Waals surface area contributed by atoms with Crippen LogP contribution >= 0.6 is 15.9 Å². The molecule has 0 bridgehead atoms. The van der Waals surface area contributed by atoms with Gasteiger partial charge in [-0.15, -0.1) is 0 Å². The van der Waals surface area contributed by atoms with E-state index < -0.39 is 12.1 Å². The van der Waals surface area contributed by atoms with Gasteiger partial charge in [-0.25, -0.2) is 4.79 Å². The summed E-state index contributed by atoms with van der Waals surface area (Å²) in [7, 11) is 0. The summed E-state index contributed by atoms with van der Waals surface area (Å²) in [6.07, 6.45) is 1.73.